The largest absolute Gasteiger partial charge is 0.400 e. The van der Waals surface area contributed by atoms with E-state index in [9.17, 15) is 4.79 Å². The summed E-state index contributed by atoms with van der Waals surface area (Å²) in [5.41, 5.74) is 3.51. The number of methoxy groups -OCH3 is 1. The topological polar surface area (TPSA) is 65.0 Å². The highest BCUT2D eigenvalue weighted by atomic mass is 16.5. The molecule has 0 heterocycles. The second-order valence-electron chi connectivity index (χ2n) is 10.2. The monoisotopic (exact) mass is 588 g/mol. The number of ether oxygens (including phenoxy) is 1. The van der Waals surface area contributed by atoms with Crippen molar-refractivity contribution in [1.82, 2.24) is 10.2 Å². The lowest BCUT2D eigenvalue weighted by atomic mass is 9.99. The van der Waals surface area contributed by atoms with E-state index in [1.54, 1.807) is 7.11 Å². The van der Waals surface area contributed by atoms with Crippen molar-refractivity contribution < 1.29 is 14.6 Å². The quantitative estimate of drug-likeness (QED) is 0.175. The third-order valence-corrected chi connectivity index (χ3v) is 6.95. The molecule has 0 bridgehead atoms. The Morgan fingerprint density at radius 3 is 2.10 bits per heavy atom. The van der Waals surface area contributed by atoms with Crippen LogP contribution >= 0.6 is 0 Å². The van der Waals surface area contributed by atoms with Gasteiger partial charge in [0.2, 0.25) is 5.91 Å². The molecule has 2 aromatic carbocycles. The Morgan fingerprint density at radius 2 is 1.52 bits per heavy atom. The van der Waals surface area contributed by atoms with Gasteiger partial charge in [0, 0.05) is 46.1 Å². The SMILES string of the molecule is CC.CCCC(C)CCCCCN(CC)CCNC(=O)CN(Cc1ccccc1)c1ccccc1C.CCOC.CO. The highest BCUT2D eigenvalue weighted by molar-refractivity contribution is 5.81. The van der Waals surface area contributed by atoms with E-state index in [0.717, 1.165) is 51.5 Å². The third kappa shape index (κ3) is 21.3. The van der Waals surface area contributed by atoms with Crippen LogP contribution in [-0.2, 0) is 16.1 Å². The van der Waals surface area contributed by atoms with Gasteiger partial charge in [-0.25, -0.2) is 0 Å². The minimum atomic E-state index is 0.0835. The van der Waals surface area contributed by atoms with Gasteiger partial charge in [0.05, 0.1) is 6.54 Å². The molecule has 0 aliphatic rings. The highest BCUT2D eigenvalue weighted by Gasteiger charge is 2.14. The van der Waals surface area contributed by atoms with Crippen molar-refractivity contribution in [2.75, 3.05) is 58.5 Å². The predicted octanol–water partition coefficient (Wildman–Crippen LogP) is 7.72. The van der Waals surface area contributed by atoms with Crippen LogP contribution in [0.5, 0.6) is 0 Å². The fraction of sp³-hybridized carbons (Fsp3) is 0.639. The molecule has 2 aromatic rings. The summed E-state index contributed by atoms with van der Waals surface area (Å²) in [5.74, 6) is 0.948. The fourth-order valence-corrected chi connectivity index (χ4v) is 4.60. The molecule has 0 aliphatic carbocycles. The molecule has 2 rings (SSSR count). The number of carbonyl (C=O) groups is 1. The maximum Gasteiger partial charge on any atom is 0.239 e. The first-order valence-corrected chi connectivity index (χ1v) is 16.2. The van der Waals surface area contributed by atoms with Gasteiger partial charge in [-0.05, 0) is 56.5 Å². The van der Waals surface area contributed by atoms with E-state index in [1.165, 1.54) is 49.7 Å². The van der Waals surface area contributed by atoms with Gasteiger partial charge in [-0.2, -0.15) is 0 Å². The number of nitrogens with one attached hydrogen (secondary N) is 1. The Kier molecular flexibility index (Phi) is 29.9. The average molecular weight is 588 g/mol. The van der Waals surface area contributed by atoms with Crippen LogP contribution in [0.3, 0.4) is 0 Å². The number of anilines is 1. The number of aryl methyl sites for hydroxylation is 1. The number of rotatable bonds is 18. The lowest BCUT2D eigenvalue weighted by molar-refractivity contribution is -0.119. The van der Waals surface area contributed by atoms with Gasteiger partial charge in [-0.3, -0.25) is 4.79 Å². The molecule has 1 atom stereocenters. The Morgan fingerprint density at radius 1 is 0.905 bits per heavy atom. The summed E-state index contributed by atoms with van der Waals surface area (Å²) < 4.78 is 4.54. The van der Waals surface area contributed by atoms with Crippen molar-refractivity contribution in [1.29, 1.82) is 0 Å². The molecule has 0 spiro atoms. The minimum Gasteiger partial charge on any atom is -0.400 e. The van der Waals surface area contributed by atoms with Gasteiger partial charge in [0.15, 0.2) is 0 Å². The number of unbranched alkanes of at least 4 members (excludes halogenated alkanes) is 2. The van der Waals surface area contributed by atoms with Gasteiger partial charge >= 0.3 is 0 Å². The van der Waals surface area contributed by atoms with Crippen LogP contribution in [0.2, 0.25) is 0 Å². The number of amides is 1. The minimum absolute atomic E-state index is 0.0835. The molecule has 6 nitrogen and oxygen atoms in total. The molecule has 0 saturated heterocycles. The van der Waals surface area contributed by atoms with Crippen molar-refractivity contribution in [3.63, 3.8) is 0 Å². The average Bonchev–Trinajstić information content (AvgIpc) is 3.02. The van der Waals surface area contributed by atoms with Crippen molar-refractivity contribution in [2.45, 2.75) is 93.5 Å². The van der Waals surface area contributed by atoms with Crippen molar-refractivity contribution in [3.8, 4) is 0 Å². The summed E-state index contributed by atoms with van der Waals surface area (Å²) in [6.45, 7) is 20.6. The van der Waals surface area contributed by atoms with E-state index in [0.29, 0.717) is 13.1 Å². The molecule has 1 amide bonds. The predicted molar refractivity (Wildman–Crippen MR) is 183 cm³/mol. The molecule has 42 heavy (non-hydrogen) atoms. The number of likely N-dealkylation sites (N-methyl/N-ethyl adjacent to an activating group) is 1. The summed E-state index contributed by atoms with van der Waals surface area (Å²) in [6, 6.07) is 18.7. The zero-order chi connectivity index (χ0) is 32.0. The molecule has 2 N–H and O–H groups in total. The van der Waals surface area contributed by atoms with E-state index < -0.39 is 0 Å². The van der Waals surface area contributed by atoms with Gasteiger partial charge < -0.3 is 25.0 Å². The molecule has 0 aromatic heterocycles. The maximum atomic E-state index is 12.8. The lowest BCUT2D eigenvalue weighted by Crippen LogP contribution is -2.41. The Bertz CT molecular complexity index is 846. The third-order valence-electron chi connectivity index (χ3n) is 6.95. The first-order chi connectivity index (χ1) is 20.4. The van der Waals surface area contributed by atoms with Crippen LogP contribution in [0.25, 0.3) is 0 Å². The van der Waals surface area contributed by atoms with Crippen LogP contribution < -0.4 is 10.2 Å². The summed E-state index contributed by atoms with van der Waals surface area (Å²) >= 11 is 0. The molecule has 0 aliphatic heterocycles. The van der Waals surface area contributed by atoms with Gasteiger partial charge in [-0.1, -0.05) is 115 Å². The van der Waals surface area contributed by atoms with Crippen LogP contribution in [0.1, 0.15) is 91.2 Å². The van der Waals surface area contributed by atoms with E-state index in [-0.39, 0.29) is 5.91 Å². The Hall–Kier alpha value is -2.41. The molecule has 0 fully saturated rings. The summed E-state index contributed by atoms with van der Waals surface area (Å²) in [7, 11) is 2.68. The molecular formula is C36H65N3O3. The van der Waals surface area contributed by atoms with Crippen LogP contribution in [0.15, 0.2) is 54.6 Å². The Balaban J connectivity index is 0. The number of aliphatic hydroxyl groups is 1. The standard InChI is InChI=1S/C30H47N3O.C3H8O.C2H6.CH4O/c1-5-15-26(3)16-9-8-14-22-32(6-2)23-21-31-30(34)25-33(24-28-18-10-7-11-19-28)29-20-13-12-17-27(29)4;1-3-4-2;2*1-2/h7,10-13,17-20,26H,5-6,8-9,14-16,21-25H2,1-4H3,(H,31,34);3H2,1-2H3;1-2H3;2H,1H3. The zero-order valence-electron chi connectivity index (χ0n) is 28.6. The number of aliphatic hydroxyl groups excluding tert-OH is 1. The first kappa shape index (κ1) is 41.7. The number of hydrogen-bond acceptors (Lipinski definition) is 5. The van der Waals surface area contributed by atoms with Crippen LogP contribution in [-0.4, -0.2) is 69.5 Å². The normalized spacial score (nSPS) is 10.7. The molecule has 0 saturated carbocycles. The number of hydrogen-bond donors (Lipinski definition) is 2. The number of nitrogens with zero attached hydrogens (tertiary/aromatic N) is 2. The molecule has 0 radical (unpaired) electrons. The van der Waals surface area contributed by atoms with Crippen LogP contribution in [0, 0.1) is 12.8 Å². The summed E-state index contributed by atoms with van der Waals surface area (Å²) in [6.07, 6.45) is 7.90. The van der Waals surface area contributed by atoms with Crippen LogP contribution in [0.4, 0.5) is 5.69 Å². The lowest BCUT2D eigenvalue weighted by Gasteiger charge is -2.26. The van der Waals surface area contributed by atoms with E-state index in [4.69, 9.17) is 5.11 Å². The zero-order valence-corrected chi connectivity index (χ0v) is 28.6. The second-order valence-corrected chi connectivity index (χ2v) is 10.2. The second kappa shape index (κ2) is 30.1. The van der Waals surface area contributed by atoms with E-state index in [2.05, 4.69) is 83.9 Å². The smallest absolute Gasteiger partial charge is 0.239 e. The van der Waals surface area contributed by atoms with Crippen molar-refractivity contribution >= 4 is 11.6 Å². The molecule has 242 valence electrons. The summed E-state index contributed by atoms with van der Waals surface area (Å²) in [5, 5.41) is 10.2. The summed E-state index contributed by atoms with van der Waals surface area (Å²) in [4.78, 5) is 17.5. The maximum absolute atomic E-state index is 12.8. The van der Waals surface area contributed by atoms with Crippen molar-refractivity contribution in [2.24, 2.45) is 5.92 Å². The first-order valence-electron chi connectivity index (χ1n) is 16.2. The number of benzene rings is 2. The van der Waals surface area contributed by atoms with E-state index >= 15 is 0 Å². The van der Waals surface area contributed by atoms with Gasteiger partial charge in [0.1, 0.15) is 0 Å². The molecule has 1 unspecified atom stereocenters. The molecule has 6 heteroatoms. The van der Waals surface area contributed by atoms with Crippen molar-refractivity contribution in [3.05, 3.63) is 65.7 Å². The fourth-order valence-electron chi connectivity index (χ4n) is 4.60. The van der Waals surface area contributed by atoms with Gasteiger partial charge in [-0.15, -0.1) is 0 Å². The number of carbonyl (C=O) groups excluding carboxylic acids is 1. The highest BCUT2D eigenvalue weighted by Crippen LogP contribution is 2.21. The number of para-hydroxylation sites is 1. The van der Waals surface area contributed by atoms with Gasteiger partial charge in [0.25, 0.3) is 0 Å². The Labute approximate surface area is 259 Å². The molecular weight excluding hydrogens is 522 g/mol. The van der Waals surface area contributed by atoms with E-state index in [1.807, 2.05) is 39.0 Å².